The Balaban J connectivity index is 1.43. The minimum atomic E-state index is -0.716. The van der Waals surface area contributed by atoms with Crippen molar-refractivity contribution in [1.82, 2.24) is 14.8 Å². The molecule has 0 radical (unpaired) electrons. The largest absolute Gasteiger partial charge is 0.491 e. The van der Waals surface area contributed by atoms with Gasteiger partial charge in [0, 0.05) is 23.4 Å². The topological polar surface area (TPSA) is 90.4 Å². The number of aliphatic hydroxyl groups is 1. The monoisotopic (exact) mass is 463 g/mol. The maximum absolute atomic E-state index is 11.7. The van der Waals surface area contributed by atoms with Crippen molar-refractivity contribution in [3.05, 3.63) is 78.3 Å². The number of rotatable bonds is 10. The molecule has 0 bridgehead atoms. The van der Waals surface area contributed by atoms with Crippen molar-refractivity contribution in [3.8, 4) is 22.8 Å². The van der Waals surface area contributed by atoms with E-state index in [0.717, 1.165) is 17.0 Å². The summed E-state index contributed by atoms with van der Waals surface area (Å²) in [6.45, 7) is 3.85. The number of carbonyl (C=O) groups is 1. The summed E-state index contributed by atoms with van der Waals surface area (Å²) in [6, 6.07) is 18.7. The molecule has 0 fully saturated rings. The van der Waals surface area contributed by atoms with Crippen molar-refractivity contribution in [2.45, 2.75) is 31.5 Å². The highest BCUT2D eigenvalue weighted by atomic mass is 32.2. The summed E-state index contributed by atoms with van der Waals surface area (Å²) < 4.78 is 13.1. The number of hydrogen-bond donors (Lipinski definition) is 1. The Bertz CT molecular complexity index is 1200. The van der Waals surface area contributed by atoms with Crippen molar-refractivity contribution in [3.63, 3.8) is 0 Å². The number of nitrogens with zero attached hydrogens (tertiary/aromatic N) is 3. The third-order valence-electron chi connectivity index (χ3n) is 5.09. The molecule has 0 saturated carbocycles. The summed E-state index contributed by atoms with van der Waals surface area (Å²) in [5, 5.41) is 19.9. The molecule has 2 aromatic carbocycles. The summed E-state index contributed by atoms with van der Waals surface area (Å²) >= 11 is 1.40. The summed E-state index contributed by atoms with van der Waals surface area (Å²) in [7, 11) is 0. The van der Waals surface area contributed by atoms with E-state index in [2.05, 4.69) is 10.2 Å². The zero-order chi connectivity index (χ0) is 23.2. The first-order valence-electron chi connectivity index (χ1n) is 10.7. The Labute approximate surface area is 196 Å². The third-order valence-corrected chi connectivity index (χ3v) is 6.17. The lowest BCUT2D eigenvalue weighted by Crippen LogP contribution is -2.20. The molecule has 0 spiro atoms. The number of ether oxygens (including phenoxy) is 1. The van der Waals surface area contributed by atoms with Crippen molar-refractivity contribution >= 4 is 17.5 Å². The molecule has 4 rings (SSSR count). The van der Waals surface area contributed by atoms with Gasteiger partial charge in [0.05, 0.1) is 17.9 Å². The van der Waals surface area contributed by atoms with Crippen molar-refractivity contribution in [1.29, 1.82) is 0 Å². The van der Waals surface area contributed by atoms with Gasteiger partial charge in [0.1, 0.15) is 18.1 Å². The van der Waals surface area contributed by atoms with Crippen LogP contribution < -0.4 is 4.74 Å². The van der Waals surface area contributed by atoms with Crippen LogP contribution in [0.5, 0.6) is 5.75 Å². The van der Waals surface area contributed by atoms with Gasteiger partial charge in [-0.3, -0.25) is 9.36 Å². The predicted octanol–water partition coefficient (Wildman–Crippen LogP) is 4.96. The number of ketones is 1. The number of para-hydroxylation sites is 1. The van der Waals surface area contributed by atoms with E-state index in [1.54, 1.807) is 30.5 Å². The number of furan rings is 1. The zero-order valence-electron chi connectivity index (χ0n) is 18.5. The van der Waals surface area contributed by atoms with E-state index < -0.39 is 6.10 Å². The first-order valence-corrected chi connectivity index (χ1v) is 11.7. The van der Waals surface area contributed by atoms with Crippen molar-refractivity contribution in [2.24, 2.45) is 0 Å². The predicted molar refractivity (Wildman–Crippen MR) is 127 cm³/mol. The molecule has 0 aliphatic heterocycles. The van der Waals surface area contributed by atoms with Crippen LogP contribution in [-0.2, 0) is 0 Å². The molecule has 0 aliphatic carbocycles. The zero-order valence-corrected chi connectivity index (χ0v) is 19.3. The lowest BCUT2D eigenvalue weighted by molar-refractivity contribution is 0.0987. The highest BCUT2D eigenvalue weighted by Gasteiger charge is 2.20. The Kier molecular flexibility index (Phi) is 7.26. The van der Waals surface area contributed by atoms with E-state index in [1.807, 2.05) is 54.8 Å². The molecule has 0 aliphatic rings. The van der Waals surface area contributed by atoms with Gasteiger partial charge in [-0.2, -0.15) is 0 Å². The lowest BCUT2D eigenvalue weighted by atomic mass is 10.1. The Morgan fingerprint density at radius 2 is 1.88 bits per heavy atom. The molecule has 8 heteroatoms. The second-order valence-corrected chi connectivity index (χ2v) is 8.43. The second kappa shape index (κ2) is 10.5. The summed E-state index contributed by atoms with van der Waals surface area (Å²) in [4.78, 5) is 11.7. The molecule has 2 heterocycles. The normalized spacial score (nSPS) is 12.0. The third kappa shape index (κ3) is 5.35. The molecular formula is C25H25N3O4S. The van der Waals surface area contributed by atoms with E-state index >= 15 is 0 Å². The number of Topliss-reactive ketones (excluding diaryl/α,β-unsaturated/α-hetero) is 1. The fraction of sp³-hybridized carbons (Fsp3) is 0.240. The molecule has 7 nitrogen and oxygen atoms in total. The van der Waals surface area contributed by atoms with E-state index in [0.29, 0.717) is 34.5 Å². The molecule has 4 aromatic rings. The standard InChI is InChI=1S/C25H25N3O4S/c1-3-23(30)18-9-11-21(12-10-18)32-15-20(29)16-33-25-27-26-24(22-13-14-31-17(22)2)28(25)19-7-5-4-6-8-19/h4-14,20,29H,3,15-16H2,1-2H3. The maximum atomic E-state index is 11.7. The molecule has 0 amide bonds. The quantitative estimate of drug-likeness (QED) is 0.263. The van der Waals surface area contributed by atoms with Gasteiger partial charge in [-0.15, -0.1) is 10.2 Å². The smallest absolute Gasteiger partial charge is 0.196 e. The van der Waals surface area contributed by atoms with Gasteiger partial charge in [-0.05, 0) is 49.4 Å². The number of hydrogen-bond acceptors (Lipinski definition) is 7. The van der Waals surface area contributed by atoms with Crippen molar-refractivity contribution in [2.75, 3.05) is 12.4 Å². The van der Waals surface area contributed by atoms with Crippen molar-refractivity contribution < 1.29 is 19.1 Å². The number of aromatic nitrogens is 3. The minimum absolute atomic E-state index is 0.0884. The van der Waals surface area contributed by atoms with Gasteiger partial charge in [-0.1, -0.05) is 36.9 Å². The second-order valence-electron chi connectivity index (χ2n) is 7.44. The molecule has 1 atom stereocenters. The number of carbonyl (C=O) groups excluding carboxylic acids is 1. The van der Waals surface area contributed by atoms with Crippen LogP contribution in [0.15, 0.2) is 76.5 Å². The van der Waals surface area contributed by atoms with Gasteiger partial charge in [0.25, 0.3) is 0 Å². The highest BCUT2D eigenvalue weighted by molar-refractivity contribution is 7.99. The first kappa shape index (κ1) is 22.8. The molecule has 1 unspecified atom stereocenters. The van der Waals surface area contributed by atoms with Gasteiger partial charge in [-0.25, -0.2) is 0 Å². The highest BCUT2D eigenvalue weighted by Crippen LogP contribution is 2.30. The van der Waals surface area contributed by atoms with Crippen LogP contribution >= 0.6 is 11.8 Å². The number of aryl methyl sites for hydroxylation is 1. The molecule has 170 valence electrons. The minimum Gasteiger partial charge on any atom is -0.491 e. The van der Waals surface area contributed by atoms with Gasteiger partial charge >= 0.3 is 0 Å². The first-order chi connectivity index (χ1) is 16.1. The Hall–Kier alpha value is -3.36. The average Bonchev–Trinajstić information content (AvgIpc) is 3.47. The molecule has 2 aromatic heterocycles. The van der Waals surface area contributed by atoms with Crippen LogP contribution in [-0.4, -0.2) is 44.1 Å². The average molecular weight is 464 g/mol. The van der Waals surface area contributed by atoms with Crippen LogP contribution in [0.1, 0.15) is 29.5 Å². The molecule has 33 heavy (non-hydrogen) atoms. The number of aliphatic hydroxyl groups excluding tert-OH is 1. The van der Waals surface area contributed by atoms with E-state index in [1.165, 1.54) is 11.8 Å². The lowest BCUT2D eigenvalue weighted by Gasteiger charge is -2.13. The number of benzene rings is 2. The summed E-state index contributed by atoms with van der Waals surface area (Å²) in [6.07, 6.45) is 1.38. The fourth-order valence-electron chi connectivity index (χ4n) is 3.32. The van der Waals surface area contributed by atoms with Gasteiger partial charge in [0.15, 0.2) is 16.8 Å². The summed E-state index contributed by atoms with van der Waals surface area (Å²) in [5.74, 6) is 2.52. The Morgan fingerprint density at radius 3 is 2.55 bits per heavy atom. The SMILES string of the molecule is CCC(=O)c1ccc(OCC(O)CSc2nnc(-c3ccoc3C)n2-c2ccccc2)cc1. The Morgan fingerprint density at radius 1 is 1.12 bits per heavy atom. The fourth-order valence-corrected chi connectivity index (χ4v) is 4.17. The summed E-state index contributed by atoms with van der Waals surface area (Å²) in [5.41, 5.74) is 2.45. The van der Waals surface area contributed by atoms with Crippen LogP contribution in [0.2, 0.25) is 0 Å². The van der Waals surface area contributed by atoms with Crippen LogP contribution in [0.4, 0.5) is 0 Å². The van der Waals surface area contributed by atoms with Crippen LogP contribution in [0.3, 0.4) is 0 Å². The van der Waals surface area contributed by atoms with Gasteiger partial charge < -0.3 is 14.3 Å². The molecule has 1 N–H and O–H groups in total. The van der Waals surface area contributed by atoms with E-state index in [4.69, 9.17) is 9.15 Å². The maximum Gasteiger partial charge on any atom is 0.196 e. The van der Waals surface area contributed by atoms with E-state index in [-0.39, 0.29) is 12.4 Å². The molecule has 0 saturated heterocycles. The molecular weight excluding hydrogens is 438 g/mol. The van der Waals surface area contributed by atoms with Gasteiger partial charge in [0.2, 0.25) is 0 Å². The number of thioether (sulfide) groups is 1. The van der Waals surface area contributed by atoms with Crippen LogP contribution in [0, 0.1) is 6.92 Å². The van der Waals surface area contributed by atoms with E-state index in [9.17, 15) is 9.90 Å². The van der Waals surface area contributed by atoms with Crippen LogP contribution in [0.25, 0.3) is 17.1 Å².